The van der Waals surface area contributed by atoms with E-state index in [0.29, 0.717) is 0 Å². The van der Waals surface area contributed by atoms with Crippen molar-refractivity contribution < 1.29 is 9.59 Å². The number of aliphatic hydroxyl groups is 1. The Morgan fingerprint density at radius 2 is 1.71 bits per heavy atom. The molecule has 0 saturated heterocycles. The maximum Gasteiger partial charge on any atom is 0.107 e. The van der Waals surface area contributed by atoms with E-state index in [1.54, 1.807) is 0 Å². The van der Waals surface area contributed by atoms with E-state index in [1.807, 2.05) is 0 Å². The molecule has 2 nitrogen and oxygen atoms in total. The van der Waals surface area contributed by atoms with Gasteiger partial charge in [-0.3, -0.25) is 0 Å². The number of hydrogen-bond acceptors (Lipinski definition) is 1. The molecule has 2 heteroatoms. The summed E-state index contributed by atoms with van der Waals surface area (Å²) in [7, 11) is 6.34. The minimum atomic E-state index is -0.256. The molecule has 0 spiro atoms. The van der Waals surface area contributed by atoms with E-state index in [-0.39, 0.29) is 6.10 Å². The van der Waals surface area contributed by atoms with Gasteiger partial charge in [-0.05, 0) is 17.5 Å². The lowest BCUT2D eigenvalue weighted by atomic mass is 9.98. The highest BCUT2D eigenvalue weighted by Gasteiger charge is 2.16. The topological polar surface area (TPSA) is 20.2 Å². The molecule has 0 amide bonds. The van der Waals surface area contributed by atoms with Gasteiger partial charge in [0.25, 0.3) is 0 Å². The second-order valence-corrected chi connectivity index (χ2v) is 5.85. The van der Waals surface area contributed by atoms with Crippen LogP contribution in [0, 0.1) is 0 Å². The largest absolute Gasteiger partial charge is 0.387 e. The van der Waals surface area contributed by atoms with Gasteiger partial charge in [0.05, 0.1) is 21.1 Å². The van der Waals surface area contributed by atoms with Crippen LogP contribution in [0.5, 0.6) is 0 Å². The van der Waals surface area contributed by atoms with Gasteiger partial charge in [0.2, 0.25) is 0 Å². The van der Waals surface area contributed by atoms with Crippen LogP contribution in [-0.4, -0.2) is 43.4 Å². The van der Waals surface area contributed by atoms with Gasteiger partial charge >= 0.3 is 0 Å². The van der Waals surface area contributed by atoms with Crippen LogP contribution >= 0.6 is 0 Å². The summed E-state index contributed by atoms with van der Waals surface area (Å²) in [6.07, 6.45) is 2.77. The highest BCUT2D eigenvalue weighted by atomic mass is 16.3. The molecule has 1 aromatic rings. The molecule has 1 rings (SSSR count). The summed E-state index contributed by atoms with van der Waals surface area (Å²) in [6.45, 7) is 2.99. The first-order valence-corrected chi connectivity index (χ1v) is 6.47. The molecule has 1 atom stereocenters. The second kappa shape index (κ2) is 6.18. The molecule has 17 heavy (non-hydrogen) atoms. The van der Waals surface area contributed by atoms with Crippen molar-refractivity contribution in [2.75, 3.05) is 27.7 Å². The van der Waals surface area contributed by atoms with Crippen LogP contribution in [0.2, 0.25) is 0 Å². The summed E-state index contributed by atoms with van der Waals surface area (Å²) in [5.41, 5.74) is 2.69. The summed E-state index contributed by atoms with van der Waals surface area (Å²) >= 11 is 0. The van der Waals surface area contributed by atoms with Crippen molar-refractivity contribution in [2.45, 2.75) is 32.3 Å². The highest BCUT2D eigenvalue weighted by molar-refractivity contribution is 5.27. The number of aryl methyl sites for hydroxylation is 1. The molecule has 1 unspecified atom stereocenters. The summed E-state index contributed by atoms with van der Waals surface area (Å²) in [5, 5.41) is 10.1. The minimum absolute atomic E-state index is 0.256. The van der Waals surface area contributed by atoms with Gasteiger partial charge in [-0.2, -0.15) is 0 Å². The van der Waals surface area contributed by atoms with Gasteiger partial charge in [-0.25, -0.2) is 0 Å². The molecule has 0 bridgehead atoms. The number of benzene rings is 1. The zero-order chi connectivity index (χ0) is 12.9. The smallest absolute Gasteiger partial charge is 0.107 e. The third-order valence-corrected chi connectivity index (χ3v) is 2.85. The normalized spacial score (nSPS) is 13.7. The minimum Gasteiger partial charge on any atom is -0.387 e. The Hall–Kier alpha value is -0.860. The van der Waals surface area contributed by atoms with Crippen molar-refractivity contribution in [3.05, 3.63) is 35.4 Å². The SMILES string of the molecule is CCCc1ccccc1CC(O)C[N+](C)(C)C. The highest BCUT2D eigenvalue weighted by Crippen LogP contribution is 2.14. The number of likely N-dealkylation sites (N-methyl/N-ethyl adjacent to an activating group) is 1. The van der Waals surface area contributed by atoms with Crippen LogP contribution in [0.3, 0.4) is 0 Å². The maximum absolute atomic E-state index is 10.1. The van der Waals surface area contributed by atoms with Gasteiger partial charge in [0, 0.05) is 6.42 Å². The molecule has 96 valence electrons. The predicted molar refractivity (Wildman–Crippen MR) is 73.0 cm³/mol. The maximum atomic E-state index is 10.1. The lowest BCUT2D eigenvalue weighted by molar-refractivity contribution is -0.873. The predicted octanol–water partition coefficient (Wildman–Crippen LogP) is 2.25. The quantitative estimate of drug-likeness (QED) is 0.751. The third kappa shape index (κ3) is 5.33. The van der Waals surface area contributed by atoms with Gasteiger partial charge in [0.15, 0.2) is 0 Å². The number of hydrogen-bond donors (Lipinski definition) is 1. The Bertz CT molecular complexity index is 341. The molecule has 1 N–H and O–H groups in total. The average molecular weight is 236 g/mol. The van der Waals surface area contributed by atoms with Crippen LogP contribution in [0.15, 0.2) is 24.3 Å². The molecule has 0 saturated carbocycles. The van der Waals surface area contributed by atoms with E-state index in [1.165, 1.54) is 11.1 Å². The van der Waals surface area contributed by atoms with E-state index >= 15 is 0 Å². The fourth-order valence-electron chi connectivity index (χ4n) is 2.22. The Labute approximate surface area is 105 Å². The molecule has 0 aliphatic rings. The third-order valence-electron chi connectivity index (χ3n) is 2.85. The van der Waals surface area contributed by atoms with Crippen molar-refractivity contribution in [2.24, 2.45) is 0 Å². The monoisotopic (exact) mass is 236 g/mol. The van der Waals surface area contributed by atoms with Crippen molar-refractivity contribution >= 4 is 0 Å². The summed E-state index contributed by atoms with van der Waals surface area (Å²) in [6, 6.07) is 8.47. The van der Waals surface area contributed by atoms with Gasteiger partial charge in [-0.1, -0.05) is 37.6 Å². The molecular weight excluding hydrogens is 210 g/mol. The first kappa shape index (κ1) is 14.2. The number of quaternary nitrogens is 1. The Morgan fingerprint density at radius 1 is 1.12 bits per heavy atom. The van der Waals surface area contributed by atoms with Gasteiger partial charge < -0.3 is 9.59 Å². The van der Waals surface area contributed by atoms with Crippen molar-refractivity contribution in [1.82, 2.24) is 0 Å². The van der Waals surface area contributed by atoms with Crippen LogP contribution in [0.25, 0.3) is 0 Å². The molecule has 0 heterocycles. The molecule has 0 aliphatic carbocycles. The Morgan fingerprint density at radius 3 is 2.24 bits per heavy atom. The Balaban J connectivity index is 2.67. The fourth-order valence-corrected chi connectivity index (χ4v) is 2.22. The summed E-state index contributed by atoms with van der Waals surface area (Å²) < 4.78 is 0.803. The second-order valence-electron chi connectivity index (χ2n) is 5.85. The number of rotatable bonds is 6. The zero-order valence-corrected chi connectivity index (χ0v) is 11.6. The van der Waals surface area contributed by atoms with E-state index in [9.17, 15) is 5.11 Å². The zero-order valence-electron chi connectivity index (χ0n) is 11.6. The Kier molecular flexibility index (Phi) is 5.16. The average Bonchev–Trinajstić information content (AvgIpc) is 2.18. The van der Waals surface area contributed by atoms with Crippen LogP contribution in [-0.2, 0) is 12.8 Å². The molecule has 0 radical (unpaired) electrons. The lowest BCUT2D eigenvalue weighted by Gasteiger charge is -2.27. The molecule has 0 aromatic heterocycles. The van der Waals surface area contributed by atoms with Crippen LogP contribution in [0.4, 0.5) is 0 Å². The summed E-state index contributed by atoms with van der Waals surface area (Å²) in [5.74, 6) is 0. The summed E-state index contributed by atoms with van der Waals surface area (Å²) in [4.78, 5) is 0. The van der Waals surface area contributed by atoms with Crippen LogP contribution in [0.1, 0.15) is 24.5 Å². The van der Waals surface area contributed by atoms with Crippen LogP contribution < -0.4 is 0 Å². The molecule has 1 aromatic carbocycles. The number of nitrogens with zero attached hydrogens (tertiary/aromatic N) is 1. The van der Waals surface area contributed by atoms with Gasteiger partial charge in [-0.15, -0.1) is 0 Å². The standard InChI is InChI=1S/C15H26NO/c1-5-8-13-9-6-7-10-14(13)11-15(17)12-16(2,3)4/h6-7,9-10,15,17H,5,8,11-12H2,1-4H3/q+1. The number of aliphatic hydroxyl groups excluding tert-OH is 1. The van der Waals surface area contributed by atoms with Crippen molar-refractivity contribution in [1.29, 1.82) is 0 Å². The van der Waals surface area contributed by atoms with Crippen molar-refractivity contribution in [3.63, 3.8) is 0 Å². The van der Waals surface area contributed by atoms with E-state index in [4.69, 9.17) is 0 Å². The van der Waals surface area contributed by atoms with Gasteiger partial charge in [0.1, 0.15) is 12.6 Å². The first-order valence-electron chi connectivity index (χ1n) is 6.47. The lowest BCUT2D eigenvalue weighted by Crippen LogP contribution is -2.42. The molecule has 0 aliphatic heterocycles. The van der Waals surface area contributed by atoms with E-state index in [2.05, 4.69) is 52.3 Å². The van der Waals surface area contributed by atoms with E-state index < -0.39 is 0 Å². The fraction of sp³-hybridized carbons (Fsp3) is 0.600. The van der Waals surface area contributed by atoms with E-state index in [0.717, 1.165) is 30.3 Å². The van der Waals surface area contributed by atoms with Crippen molar-refractivity contribution in [3.8, 4) is 0 Å². The first-order chi connectivity index (χ1) is 7.92. The molecular formula is C15H26NO+. The molecule has 0 fully saturated rings.